The zero-order valence-corrected chi connectivity index (χ0v) is 19.1. The summed E-state index contributed by atoms with van der Waals surface area (Å²) in [5.41, 5.74) is 0.856. The molecule has 3 aromatic rings. The molecule has 0 aliphatic rings. The number of nitrogens with zero attached hydrogens (tertiary/aromatic N) is 3. The lowest BCUT2D eigenvalue weighted by Gasteiger charge is -2.13. The molecule has 0 bridgehead atoms. The van der Waals surface area contributed by atoms with E-state index >= 15 is 0 Å². The van der Waals surface area contributed by atoms with Crippen molar-refractivity contribution in [3.8, 4) is 17.3 Å². The standard InChI is InChI=1S/C22H19F3N4OS2/c1-4-15-12(2)31-20(16(15)11-26)29-19(30)13(3)32-21-27-17(14-8-6-5-7-9-14)10-18(28-21)22(23,24)25/h5-10,13H,4H2,1-3H3,(H,29,30)/t13-/m0/s1. The van der Waals surface area contributed by atoms with Gasteiger partial charge in [0.05, 0.1) is 16.5 Å². The quantitative estimate of drug-likeness (QED) is 0.344. The van der Waals surface area contributed by atoms with Crippen LogP contribution in [0.3, 0.4) is 0 Å². The van der Waals surface area contributed by atoms with Gasteiger partial charge in [-0.3, -0.25) is 4.79 Å². The number of hydrogen-bond donors (Lipinski definition) is 1. The first-order valence-electron chi connectivity index (χ1n) is 9.65. The smallest absolute Gasteiger partial charge is 0.316 e. The van der Waals surface area contributed by atoms with Crippen molar-refractivity contribution in [1.29, 1.82) is 5.26 Å². The molecular formula is C22H19F3N4OS2. The molecule has 0 aliphatic carbocycles. The van der Waals surface area contributed by atoms with Crippen LogP contribution in [-0.4, -0.2) is 21.1 Å². The van der Waals surface area contributed by atoms with Crippen molar-refractivity contribution in [3.63, 3.8) is 0 Å². The lowest BCUT2D eigenvalue weighted by Crippen LogP contribution is -2.23. The molecule has 0 fully saturated rings. The number of nitriles is 1. The first-order valence-corrected chi connectivity index (χ1v) is 11.3. The fourth-order valence-corrected chi connectivity index (χ4v) is 4.90. The van der Waals surface area contributed by atoms with Crippen molar-refractivity contribution in [1.82, 2.24) is 9.97 Å². The van der Waals surface area contributed by atoms with Gasteiger partial charge in [-0.05, 0) is 31.9 Å². The van der Waals surface area contributed by atoms with Gasteiger partial charge in [-0.15, -0.1) is 11.3 Å². The fraction of sp³-hybridized carbons (Fsp3) is 0.273. The zero-order valence-electron chi connectivity index (χ0n) is 17.4. The Labute approximate surface area is 191 Å². The molecule has 5 nitrogen and oxygen atoms in total. The summed E-state index contributed by atoms with van der Waals surface area (Å²) in [7, 11) is 0. The third-order valence-electron chi connectivity index (χ3n) is 4.63. The van der Waals surface area contributed by atoms with Gasteiger partial charge < -0.3 is 5.32 Å². The molecule has 3 rings (SSSR count). The summed E-state index contributed by atoms with van der Waals surface area (Å²) in [6, 6.07) is 11.5. The molecule has 32 heavy (non-hydrogen) atoms. The van der Waals surface area contributed by atoms with Crippen LogP contribution in [0.4, 0.5) is 18.2 Å². The molecule has 0 radical (unpaired) electrons. The minimum atomic E-state index is -4.65. The molecule has 0 aliphatic heterocycles. The molecule has 0 unspecified atom stereocenters. The van der Waals surface area contributed by atoms with Crippen LogP contribution in [0.2, 0.25) is 0 Å². The molecule has 1 atom stereocenters. The number of benzene rings is 1. The van der Waals surface area contributed by atoms with Gasteiger partial charge in [-0.1, -0.05) is 49.0 Å². The third-order valence-corrected chi connectivity index (χ3v) is 6.65. The molecule has 1 N–H and O–H groups in total. The Morgan fingerprint density at radius 2 is 1.97 bits per heavy atom. The summed E-state index contributed by atoms with van der Waals surface area (Å²) in [6.45, 7) is 5.36. The van der Waals surface area contributed by atoms with Gasteiger partial charge >= 0.3 is 6.18 Å². The summed E-state index contributed by atoms with van der Waals surface area (Å²) in [6.07, 6.45) is -3.99. The second-order valence-corrected chi connectivity index (χ2v) is 9.37. The van der Waals surface area contributed by atoms with Gasteiger partial charge in [0, 0.05) is 10.4 Å². The minimum Gasteiger partial charge on any atom is -0.316 e. The van der Waals surface area contributed by atoms with Crippen LogP contribution in [0.25, 0.3) is 11.3 Å². The molecule has 2 heterocycles. The van der Waals surface area contributed by atoms with Crippen LogP contribution in [0.5, 0.6) is 0 Å². The van der Waals surface area contributed by atoms with Gasteiger partial charge in [0.15, 0.2) is 5.16 Å². The number of anilines is 1. The lowest BCUT2D eigenvalue weighted by atomic mass is 10.1. The van der Waals surface area contributed by atoms with Crippen LogP contribution in [-0.2, 0) is 17.4 Å². The third kappa shape index (κ3) is 5.29. The molecule has 10 heteroatoms. The van der Waals surface area contributed by atoms with Crippen LogP contribution in [0, 0.1) is 18.3 Å². The van der Waals surface area contributed by atoms with E-state index in [1.807, 2.05) is 13.8 Å². The highest BCUT2D eigenvalue weighted by Gasteiger charge is 2.34. The summed E-state index contributed by atoms with van der Waals surface area (Å²) < 4.78 is 40.2. The molecule has 0 saturated carbocycles. The van der Waals surface area contributed by atoms with E-state index in [0.717, 1.165) is 28.3 Å². The maximum atomic E-state index is 13.4. The molecular weight excluding hydrogens is 457 g/mol. The number of aryl methyl sites for hydroxylation is 1. The molecule has 1 aromatic carbocycles. The van der Waals surface area contributed by atoms with E-state index in [0.29, 0.717) is 22.5 Å². The zero-order chi connectivity index (χ0) is 23.5. The number of alkyl halides is 3. The second kappa shape index (κ2) is 9.71. The summed E-state index contributed by atoms with van der Waals surface area (Å²) >= 11 is 2.13. The van der Waals surface area contributed by atoms with Crippen molar-refractivity contribution in [2.75, 3.05) is 5.32 Å². The molecule has 2 aromatic heterocycles. The normalized spacial score (nSPS) is 12.3. The maximum Gasteiger partial charge on any atom is 0.433 e. The summed E-state index contributed by atoms with van der Waals surface area (Å²) in [5, 5.41) is 11.7. The van der Waals surface area contributed by atoms with E-state index in [4.69, 9.17) is 0 Å². The number of thioether (sulfide) groups is 1. The van der Waals surface area contributed by atoms with E-state index in [1.165, 1.54) is 11.3 Å². The Morgan fingerprint density at radius 1 is 1.28 bits per heavy atom. The molecule has 166 valence electrons. The van der Waals surface area contributed by atoms with Gasteiger partial charge in [0.25, 0.3) is 0 Å². The van der Waals surface area contributed by atoms with Crippen molar-refractivity contribution >= 4 is 34.0 Å². The fourth-order valence-electron chi connectivity index (χ4n) is 3.02. The Morgan fingerprint density at radius 3 is 2.56 bits per heavy atom. The average Bonchev–Trinajstić information content (AvgIpc) is 3.07. The van der Waals surface area contributed by atoms with Crippen molar-refractivity contribution < 1.29 is 18.0 Å². The van der Waals surface area contributed by atoms with E-state index in [2.05, 4.69) is 21.4 Å². The highest BCUT2D eigenvalue weighted by atomic mass is 32.2. The Hall–Kier alpha value is -2.90. The van der Waals surface area contributed by atoms with Crippen molar-refractivity contribution in [2.24, 2.45) is 0 Å². The van der Waals surface area contributed by atoms with Crippen LogP contribution >= 0.6 is 23.1 Å². The van der Waals surface area contributed by atoms with Gasteiger partial charge in [-0.2, -0.15) is 18.4 Å². The first-order chi connectivity index (χ1) is 15.1. The molecule has 1 amide bonds. The number of carbonyl (C=O) groups is 1. The second-order valence-electron chi connectivity index (χ2n) is 6.84. The van der Waals surface area contributed by atoms with E-state index in [-0.39, 0.29) is 10.9 Å². The van der Waals surface area contributed by atoms with Crippen LogP contribution in [0.15, 0.2) is 41.6 Å². The summed E-state index contributed by atoms with van der Waals surface area (Å²) in [5.74, 6) is -0.447. The number of carbonyl (C=O) groups excluding carboxylic acids is 1. The van der Waals surface area contributed by atoms with Crippen LogP contribution < -0.4 is 5.32 Å². The Balaban J connectivity index is 1.86. The molecule has 0 spiro atoms. The largest absolute Gasteiger partial charge is 0.433 e. The van der Waals surface area contributed by atoms with Gasteiger partial charge in [0.1, 0.15) is 16.8 Å². The number of halogens is 3. The van der Waals surface area contributed by atoms with Crippen molar-refractivity contribution in [3.05, 3.63) is 58.1 Å². The number of rotatable bonds is 6. The maximum absolute atomic E-state index is 13.4. The Kier molecular flexibility index (Phi) is 7.21. The average molecular weight is 477 g/mol. The number of amides is 1. The number of thiophene rings is 1. The Bertz CT molecular complexity index is 1170. The monoisotopic (exact) mass is 476 g/mol. The summed E-state index contributed by atoms with van der Waals surface area (Å²) in [4.78, 5) is 21.5. The molecule has 0 saturated heterocycles. The van der Waals surface area contributed by atoms with Gasteiger partial charge in [0.2, 0.25) is 5.91 Å². The van der Waals surface area contributed by atoms with E-state index in [1.54, 1.807) is 37.3 Å². The predicted molar refractivity (Wildman–Crippen MR) is 120 cm³/mol. The van der Waals surface area contributed by atoms with Crippen molar-refractivity contribution in [2.45, 2.75) is 43.8 Å². The lowest BCUT2D eigenvalue weighted by molar-refractivity contribution is -0.141. The SMILES string of the molecule is CCc1c(C)sc(NC(=O)[C@H](C)Sc2nc(-c3ccccc3)cc(C(F)(F)F)n2)c1C#N. The predicted octanol–water partition coefficient (Wildman–Crippen LogP) is 6.09. The van der Waals surface area contributed by atoms with Crippen LogP contribution in [0.1, 0.15) is 35.5 Å². The number of nitrogens with one attached hydrogen (secondary N) is 1. The highest BCUT2D eigenvalue weighted by molar-refractivity contribution is 8.00. The topological polar surface area (TPSA) is 78.7 Å². The highest BCUT2D eigenvalue weighted by Crippen LogP contribution is 2.35. The minimum absolute atomic E-state index is 0.122. The first kappa shape index (κ1) is 23.8. The van der Waals surface area contributed by atoms with E-state index < -0.39 is 23.0 Å². The van der Waals surface area contributed by atoms with Gasteiger partial charge in [-0.25, -0.2) is 9.97 Å². The number of hydrogen-bond acceptors (Lipinski definition) is 6. The number of aromatic nitrogens is 2. The van der Waals surface area contributed by atoms with E-state index in [9.17, 15) is 23.2 Å².